The molecule has 1 atom stereocenters. The molecular formula is C12H18N2O. The third-order valence-electron chi connectivity index (χ3n) is 2.93. The SMILES string of the molecule is CC1(CCc2ccncc2)COCCN1. The van der Waals surface area contributed by atoms with E-state index in [1.54, 1.807) is 0 Å². The van der Waals surface area contributed by atoms with Crippen LogP contribution in [0.3, 0.4) is 0 Å². The van der Waals surface area contributed by atoms with Crippen molar-refractivity contribution in [3.05, 3.63) is 30.1 Å². The van der Waals surface area contributed by atoms with Crippen LogP contribution >= 0.6 is 0 Å². The fraction of sp³-hybridized carbons (Fsp3) is 0.583. The maximum absolute atomic E-state index is 5.50. The lowest BCUT2D eigenvalue weighted by Gasteiger charge is -2.34. The highest BCUT2D eigenvalue weighted by atomic mass is 16.5. The lowest BCUT2D eigenvalue weighted by atomic mass is 9.93. The van der Waals surface area contributed by atoms with Gasteiger partial charge in [-0.1, -0.05) is 0 Å². The first-order valence-corrected chi connectivity index (χ1v) is 5.50. The molecule has 2 heterocycles. The molecule has 1 aromatic rings. The van der Waals surface area contributed by atoms with Gasteiger partial charge in [-0.15, -0.1) is 0 Å². The van der Waals surface area contributed by atoms with Gasteiger partial charge in [0.25, 0.3) is 0 Å². The van der Waals surface area contributed by atoms with Gasteiger partial charge in [0.05, 0.1) is 13.2 Å². The Morgan fingerprint density at radius 2 is 2.27 bits per heavy atom. The van der Waals surface area contributed by atoms with Gasteiger partial charge in [0.1, 0.15) is 0 Å². The molecule has 0 saturated carbocycles. The number of nitrogens with one attached hydrogen (secondary N) is 1. The number of hydrogen-bond donors (Lipinski definition) is 1. The van der Waals surface area contributed by atoms with Crippen LogP contribution in [0.15, 0.2) is 24.5 Å². The summed E-state index contributed by atoms with van der Waals surface area (Å²) in [5.41, 5.74) is 1.49. The third kappa shape index (κ3) is 3.01. The summed E-state index contributed by atoms with van der Waals surface area (Å²) in [5, 5.41) is 3.53. The number of pyridine rings is 1. The molecule has 1 unspecified atom stereocenters. The number of nitrogens with zero attached hydrogens (tertiary/aromatic N) is 1. The molecule has 1 aliphatic rings. The standard InChI is InChI=1S/C12H18N2O/c1-12(10-15-9-8-14-12)5-2-11-3-6-13-7-4-11/h3-4,6-7,14H,2,5,8-10H2,1H3. The van der Waals surface area contributed by atoms with E-state index in [9.17, 15) is 0 Å². The number of morpholine rings is 1. The van der Waals surface area contributed by atoms with E-state index in [2.05, 4.69) is 29.4 Å². The number of aromatic nitrogens is 1. The molecule has 0 bridgehead atoms. The highest BCUT2D eigenvalue weighted by Crippen LogP contribution is 2.16. The molecule has 0 amide bonds. The molecule has 1 saturated heterocycles. The molecular weight excluding hydrogens is 188 g/mol. The monoisotopic (exact) mass is 206 g/mol. The number of rotatable bonds is 3. The molecule has 0 aliphatic carbocycles. The summed E-state index contributed by atoms with van der Waals surface area (Å²) in [6.07, 6.45) is 5.89. The zero-order chi connectivity index (χ0) is 10.6. The van der Waals surface area contributed by atoms with Crippen LogP contribution in [0.4, 0.5) is 0 Å². The Kier molecular flexibility index (Phi) is 3.34. The van der Waals surface area contributed by atoms with Crippen LogP contribution in [-0.2, 0) is 11.2 Å². The predicted molar refractivity (Wildman–Crippen MR) is 59.8 cm³/mol. The summed E-state index contributed by atoms with van der Waals surface area (Å²) in [6.45, 7) is 4.85. The average Bonchev–Trinajstić information content (AvgIpc) is 2.29. The van der Waals surface area contributed by atoms with Gasteiger partial charge in [0.2, 0.25) is 0 Å². The van der Waals surface area contributed by atoms with Crippen molar-refractivity contribution in [3.63, 3.8) is 0 Å². The van der Waals surface area contributed by atoms with E-state index in [-0.39, 0.29) is 5.54 Å². The van der Waals surface area contributed by atoms with Crippen molar-refractivity contribution >= 4 is 0 Å². The van der Waals surface area contributed by atoms with Crippen LogP contribution in [0.1, 0.15) is 18.9 Å². The van der Waals surface area contributed by atoms with Gasteiger partial charge in [-0.05, 0) is 37.5 Å². The zero-order valence-corrected chi connectivity index (χ0v) is 9.20. The van der Waals surface area contributed by atoms with Gasteiger partial charge in [-0.2, -0.15) is 0 Å². The summed E-state index contributed by atoms with van der Waals surface area (Å²) in [5.74, 6) is 0. The van der Waals surface area contributed by atoms with Crippen molar-refractivity contribution in [2.24, 2.45) is 0 Å². The third-order valence-corrected chi connectivity index (χ3v) is 2.93. The molecule has 1 fully saturated rings. The zero-order valence-electron chi connectivity index (χ0n) is 9.20. The van der Waals surface area contributed by atoms with Crippen LogP contribution in [-0.4, -0.2) is 30.3 Å². The smallest absolute Gasteiger partial charge is 0.0646 e. The Hall–Kier alpha value is -0.930. The van der Waals surface area contributed by atoms with Gasteiger partial charge in [-0.25, -0.2) is 0 Å². The quantitative estimate of drug-likeness (QED) is 0.811. The lowest BCUT2D eigenvalue weighted by molar-refractivity contribution is 0.0318. The van der Waals surface area contributed by atoms with Crippen molar-refractivity contribution in [2.45, 2.75) is 25.3 Å². The molecule has 1 aromatic heterocycles. The predicted octanol–water partition coefficient (Wildman–Crippen LogP) is 1.39. The van der Waals surface area contributed by atoms with Crippen LogP contribution in [0.5, 0.6) is 0 Å². The fourth-order valence-electron chi connectivity index (χ4n) is 1.90. The van der Waals surface area contributed by atoms with Gasteiger partial charge < -0.3 is 10.1 Å². The van der Waals surface area contributed by atoms with Gasteiger partial charge in [-0.3, -0.25) is 4.98 Å². The van der Waals surface area contributed by atoms with E-state index in [0.717, 1.165) is 32.6 Å². The topological polar surface area (TPSA) is 34.1 Å². The molecule has 2 rings (SSSR count). The van der Waals surface area contributed by atoms with Gasteiger partial charge in [0, 0.05) is 24.5 Å². The molecule has 15 heavy (non-hydrogen) atoms. The van der Waals surface area contributed by atoms with Gasteiger partial charge >= 0.3 is 0 Å². The van der Waals surface area contributed by atoms with Crippen LogP contribution < -0.4 is 5.32 Å². The number of ether oxygens (including phenoxy) is 1. The summed E-state index contributed by atoms with van der Waals surface area (Å²) in [7, 11) is 0. The highest BCUT2D eigenvalue weighted by Gasteiger charge is 2.26. The first kappa shape index (κ1) is 10.6. The Labute approximate surface area is 90.9 Å². The molecule has 0 radical (unpaired) electrons. The molecule has 3 heteroatoms. The maximum Gasteiger partial charge on any atom is 0.0646 e. The van der Waals surface area contributed by atoms with Crippen LogP contribution in [0.2, 0.25) is 0 Å². The first-order chi connectivity index (χ1) is 7.29. The normalized spacial score (nSPS) is 26.5. The van der Waals surface area contributed by atoms with Gasteiger partial charge in [0.15, 0.2) is 0 Å². The van der Waals surface area contributed by atoms with E-state index in [0.29, 0.717) is 0 Å². The Bertz CT molecular complexity index is 294. The minimum atomic E-state index is 0.140. The molecule has 1 N–H and O–H groups in total. The lowest BCUT2D eigenvalue weighted by Crippen LogP contribution is -2.52. The largest absolute Gasteiger partial charge is 0.378 e. The molecule has 82 valence electrons. The first-order valence-electron chi connectivity index (χ1n) is 5.50. The molecule has 0 spiro atoms. The Morgan fingerprint density at radius 3 is 2.93 bits per heavy atom. The summed E-state index contributed by atoms with van der Waals surface area (Å²) in [6, 6.07) is 4.15. The average molecular weight is 206 g/mol. The summed E-state index contributed by atoms with van der Waals surface area (Å²) in [4.78, 5) is 4.02. The van der Waals surface area contributed by atoms with Crippen molar-refractivity contribution in [1.82, 2.24) is 10.3 Å². The summed E-state index contributed by atoms with van der Waals surface area (Å²) >= 11 is 0. The van der Waals surface area contributed by atoms with Crippen molar-refractivity contribution in [1.29, 1.82) is 0 Å². The molecule has 1 aliphatic heterocycles. The van der Waals surface area contributed by atoms with E-state index >= 15 is 0 Å². The van der Waals surface area contributed by atoms with E-state index in [1.165, 1.54) is 5.56 Å². The van der Waals surface area contributed by atoms with Crippen LogP contribution in [0.25, 0.3) is 0 Å². The minimum Gasteiger partial charge on any atom is -0.378 e. The van der Waals surface area contributed by atoms with E-state index < -0.39 is 0 Å². The maximum atomic E-state index is 5.50. The van der Waals surface area contributed by atoms with E-state index in [1.807, 2.05) is 12.4 Å². The fourth-order valence-corrected chi connectivity index (χ4v) is 1.90. The van der Waals surface area contributed by atoms with Crippen molar-refractivity contribution in [2.75, 3.05) is 19.8 Å². The minimum absolute atomic E-state index is 0.140. The molecule has 3 nitrogen and oxygen atoms in total. The molecule has 0 aromatic carbocycles. The Balaban J connectivity index is 1.87. The number of aryl methyl sites for hydroxylation is 1. The highest BCUT2D eigenvalue weighted by molar-refractivity contribution is 5.10. The van der Waals surface area contributed by atoms with Crippen molar-refractivity contribution in [3.8, 4) is 0 Å². The van der Waals surface area contributed by atoms with E-state index in [4.69, 9.17) is 4.74 Å². The second-order valence-electron chi connectivity index (χ2n) is 4.40. The second kappa shape index (κ2) is 4.73. The Morgan fingerprint density at radius 1 is 1.47 bits per heavy atom. The second-order valence-corrected chi connectivity index (χ2v) is 4.40. The van der Waals surface area contributed by atoms with Crippen LogP contribution in [0, 0.1) is 0 Å². The van der Waals surface area contributed by atoms with Crippen molar-refractivity contribution < 1.29 is 4.74 Å². The summed E-state index contributed by atoms with van der Waals surface area (Å²) < 4.78 is 5.50. The number of hydrogen-bond acceptors (Lipinski definition) is 3.